The quantitative estimate of drug-likeness (QED) is 0.500. The Balaban J connectivity index is 2.40. The lowest BCUT2D eigenvalue weighted by molar-refractivity contribution is -0.139. The van der Waals surface area contributed by atoms with E-state index in [-0.39, 0.29) is 29.1 Å². The van der Waals surface area contributed by atoms with Gasteiger partial charge in [-0.1, -0.05) is 55.2 Å². The van der Waals surface area contributed by atoms with Gasteiger partial charge in [0.15, 0.2) is 0 Å². The van der Waals surface area contributed by atoms with Crippen molar-refractivity contribution in [2.45, 2.75) is 33.4 Å². The second kappa shape index (κ2) is 11.9. The van der Waals surface area contributed by atoms with E-state index in [0.717, 1.165) is 22.7 Å². The van der Waals surface area contributed by atoms with E-state index in [2.05, 4.69) is 5.32 Å². The Hall–Kier alpha value is -2.36. The summed E-state index contributed by atoms with van der Waals surface area (Å²) < 4.78 is 39.4. The molecule has 0 fully saturated rings. The van der Waals surface area contributed by atoms with E-state index in [1.54, 1.807) is 31.2 Å². The van der Waals surface area contributed by atoms with Crippen molar-refractivity contribution in [2.24, 2.45) is 5.92 Å². The van der Waals surface area contributed by atoms with Crippen molar-refractivity contribution in [3.63, 3.8) is 0 Å². The highest BCUT2D eigenvalue weighted by molar-refractivity contribution is 7.92. The smallest absolute Gasteiger partial charge is 0.244 e. The number of nitrogens with one attached hydrogen (secondary N) is 1. The third kappa shape index (κ3) is 7.58. The fourth-order valence-corrected chi connectivity index (χ4v) is 4.31. The van der Waals surface area contributed by atoms with Gasteiger partial charge in [0, 0.05) is 18.1 Å². The predicted octanol–water partition coefficient (Wildman–Crippen LogP) is 4.09. The van der Waals surface area contributed by atoms with E-state index < -0.39 is 34.3 Å². The molecule has 0 heterocycles. The summed E-state index contributed by atoms with van der Waals surface area (Å²) in [5.41, 5.74) is 0.619. The summed E-state index contributed by atoms with van der Waals surface area (Å²) in [4.78, 5) is 27.5. The number of carbonyl (C=O) groups excluding carboxylic acids is 2. The first-order valence-electron chi connectivity index (χ1n) is 10.5. The van der Waals surface area contributed by atoms with Gasteiger partial charge in [0.2, 0.25) is 21.8 Å². The third-order valence-corrected chi connectivity index (χ3v) is 6.82. The number of hydrogen-bond acceptors (Lipinski definition) is 4. The fraction of sp³-hybridized carbons (Fsp3) is 0.391. The molecule has 2 rings (SSSR count). The van der Waals surface area contributed by atoms with E-state index in [1.165, 1.54) is 11.0 Å². The van der Waals surface area contributed by atoms with E-state index in [1.807, 2.05) is 13.8 Å². The highest BCUT2D eigenvalue weighted by atomic mass is 35.5. The van der Waals surface area contributed by atoms with Crippen molar-refractivity contribution in [3.05, 3.63) is 63.9 Å². The number of sulfonamides is 1. The van der Waals surface area contributed by atoms with Crippen LogP contribution in [0.25, 0.3) is 0 Å². The zero-order valence-corrected chi connectivity index (χ0v) is 21.7. The first kappa shape index (κ1) is 27.9. The zero-order valence-electron chi connectivity index (χ0n) is 19.4. The van der Waals surface area contributed by atoms with Crippen LogP contribution in [0.2, 0.25) is 10.0 Å². The van der Waals surface area contributed by atoms with Crippen LogP contribution >= 0.6 is 23.2 Å². The molecule has 34 heavy (non-hydrogen) atoms. The second-order valence-electron chi connectivity index (χ2n) is 8.30. The number of amides is 2. The summed E-state index contributed by atoms with van der Waals surface area (Å²) in [5.74, 6) is -1.54. The average Bonchev–Trinajstić information content (AvgIpc) is 2.75. The largest absolute Gasteiger partial charge is 0.354 e. The molecular weight excluding hydrogens is 504 g/mol. The summed E-state index contributed by atoms with van der Waals surface area (Å²) in [6.45, 7) is 5.22. The molecule has 1 N–H and O–H groups in total. The maximum Gasteiger partial charge on any atom is 0.244 e. The number of carbonyl (C=O) groups is 2. The summed E-state index contributed by atoms with van der Waals surface area (Å²) in [6, 6.07) is 9.30. The monoisotopic (exact) mass is 531 g/mol. The minimum atomic E-state index is -3.95. The first-order valence-corrected chi connectivity index (χ1v) is 13.1. The van der Waals surface area contributed by atoms with Gasteiger partial charge in [-0.05, 0) is 42.7 Å². The van der Waals surface area contributed by atoms with Gasteiger partial charge in [0.1, 0.15) is 18.4 Å². The molecule has 0 radical (unpaired) electrons. The molecule has 0 saturated carbocycles. The van der Waals surface area contributed by atoms with Crippen molar-refractivity contribution < 1.29 is 22.4 Å². The minimum Gasteiger partial charge on any atom is -0.354 e. The third-order valence-electron chi connectivity index (χ3n) is 5.02. The molecule has 2 aromatic carbocycles. The van der Waals surface area contributed by atoms with Crippen LogP contribution in [0.5, 0.6) is 0 Å². The van der Waals surface area contributed by atoms with Gasteiger partial charge in [0.05, 0.1) is 17.0 Å². The van der Waals surface area contributed by atoms with Crippen molar-refractivity contribution in [1.29, 1.82) is 0 Å². The molecule has 0 saturated heterocycles. The molecule has 2 aromatic rings. The van der Waals surface area contributed by atoms with E-state index in [0.29, 0.717) is 17.1 Å². The predicted molar refractivity (Wildman–Crippen MR) is 133 cm³/mol. The molecule has 0 aliphatic carbocycles. The molecule has 1 atom stereocenters. The van der Waals surface area contributed by atoms with Crippen LogP contribution < -0.4 is 9.62 Å². The number of nitrogens with zero attached hydrogens (tertiary/aromatic N) is 2. The van der Waals surface area contributed by atoms with Crippen LogP contribution in [-0.2, 0) is 26.2 Å². The number of rotatable bonds is 10. The highest BCUT2D eigenvalue weighted by Gasteiger charge is 2.30. The standard InChI is InChI=1S/C23H28Cl2FN3O4S/c1-15(2)12-27-23(31)16(3)28(13-17-7-5-6-8-19(17)24)22(30)14-29(34(4,32)33)18-9-10-21(26)20(25)11-18/h5-11,15-16H,12-14H2,1-4H3,(H,27,31). The van der Waals surface area contributed by atoms with Gasteiger partial charge in [-0.15, -0.1) is 0 Å². The van der Waals surface area contributed by atoms with Crippen molar-refractivity contribution in [2.75, 3.05) is 23.7 Å². The Morgan fingerprint density at radius 1 is 1.06 bits per heavy atom. The van der Waals surface area contributed by atoms with Crippen molar-refractivity contribution >= 4 is 50.7 Å². The van der Waals surface area contributed by atoms with Crippen LogP contribution in [0.4, 0.5) is 10.1 Å². The summed E-state index contributed by atoms with van der Waals surface area (Å²) >= 11 is 12.1. The maximum absolute atomic E-state index is 13.6. The van der Waals surface area contributed by atoms with Gasteiger partial charge in [0.25, 0.3) is 0 Å². The molecule has 0 aromatic heterocycles. The average molecular weight is 532 g/mol. The van der Waals surface area contributed by atoms with Crippen LogP contribution in [-0.4, -0.2) is 50.5 Å². The molecule has 7 nitrogen and oxygen atoms in total. The number of hydrogen-bond donors (Lipinski definition) is 1. The molecular formula is C23H28Cl2FN3O4S. The number of halogens is 3. The zero-order chi connectivity index (χ0) is 25.6. The summed E-state index contributed by atoms with van der Waals surface area (Å²) in [7, 11) is -3.95. The van der Waals surface area contributed by atoms with Gasteiger partial charge < -0.3 is 10.2 Å². The molecule has 0 bridgehead atoms. The van der Waals surface area contributed by atoms with Gasteiger partial charge >= 0.3 is 0 Å². The Bertz CT molecular complexity index is 1140. The molecule has 0 aliphatic rings. The molecule has 0 spiro atoms. The lowest BCUT2D eigenvalue weighted by Crippen LogP contribution is -2.51. The van der Waals surface area contributed by atoms with Crippen molar-refractivity contribution in [1.82, 2.24) is 10.2 Å². The van der Waals surface area contributed by atoms with Gasteiger partial charge in [-0.2, -0.15) is 0 Å². The fourth-order valence-electron chi connectivity index (χ4n) is 3.10. The van der Waals surface area contributed by atoms with E-state index in [4.69, 9.17) is 23.2 Å². The maximum atomic E-state index is 13.6. The Morgan fingerprint density at radius 2 is 1.71 bits per heavy atom. The minimum absolute atomic E-state index is 0.0173. The first-order chi connectivity index (χ1) is 15.8. The molecule has 2 amide bonds. The molecule has 11 heteroatoms. The van der Waals surface area contributed by atoms with Crippen LogP contribution in [0.1, 0.15) is 26.3 Å². The van der Waals surface area contributed by atoms with Crippen LogP contribution in [0.15, 0.2) is 42.5 Å². The van der Waals surface area contributed by atoms with E-state index in [9.17, 15) is 22.4 Å². The lowest BCUT2D eigenvalue weighted by atomic mass is 10.1. The van der Waals surface area contributed by atoms with E-state index >= 15 is 0 Å². The Morgan fingerprint density at radius 3 is 2.26 bits per heavy atom. The van der Waals surface area contributed by atoms with Crippen LogP contribution in [0.3, 0.4) is 0 Å². The number of anilines is 1. The van der Waals surface area contributed by atoms with Crippen LogP contribution in [0, 0.1) is 11.7 Å². The van der Waals surface area contributed by atoms with Crippen molar-refractivity contribution in [3.8, 4) is 0 Å². The molecule has 1 unspecified atom stereocenters. The lowest BCUT2D eigenvalue weighted by Gasteiger charge is -2.32. The Labute approximate surface area is 209 Å². The second-order valence-corrected chi connectivity index (χ2v) is 11.0. The number of benzene rings is 2. The topological polar surface area (TPSA) is 86.8 Å². The summed E-state index contributed by atoms with van der Waals surface area (Å²) in [5, 5.41) is 2.91. The highest BCUT2D eigenvalue weighted by Crippen LogP contribution is 2.25. The molecule has 186 valence electrons. The Kier molecular flexibility index (Phi) is 9.73. The summed E-state index contributed by atoms with van der Waals surface area (Å²) in [6.07, 6.45) is 0.925. The molecule has 0 aliphatic heterocycles. The normalized spacial score (nSPS) is 12.4. The van der Waals surface area contributed by atoms with Gasteiger partial charge in [-0.3, -0.25) is 13.9 Å². The SMILES string of the molecule is CC(C)CNC(=O)C(C)N(Cc1ccccc1Cl)C(=O)CN(c1ccc(F)c(Cl)c1)S(C)(=O)=O. The van der Waals surface area contributed by atoms with Gasteiger partial charge in [-0.25, -0.2) is 12.8 Å².